The molecular formula is C13H23N3O. The number of H-pyrrole nitrogens is 1. The number of nitrogens with zero attached hydrogens (tertiary/aromatic N) is 2. The summed E-state index contributed by atoms with van der Waals surface area (Å²) in [6.07, 6.45) is 2.12. The second-order valence-electron chi connectivity index (χ2n) is 4.63. The molecule has 0 bridgehead atoms. The van der Waals surface area contributed by atoms with E-state index in [1.807, 2.05) is 13.8 Å². The Hall–Kier alpha value is -1.32. The molecule has 17 heavy (non-hydrogen) atoms. The van der Waals surface area contributed by atoms with Crippen molar-refractivity contribution in [2.45, 2.75) is 46.5 Å². The van der Waals surface area contributed by atoms with Crippen LogP contribution in [0.3, 0.4) is 0 Å². The molecule has 0 spiro atoms. The highest BCUT2D eigenvalue weighted by Gasteiger charge is 2.10. The first-order valence-corrected chi connectivity index (χ1v) is 6.44. The molecule has 1 rings (SSSR count). The minimum absolute atomic E-state index is 0.0593. The molecule has 0 unspecified atom stereocenters. The van der Waals surface area contributed by atoms with Crippen molar-refractivity contribution in [3.8, 4) is 0 Å². The Bertz CT molecular complexity index is 392. The van der Waals surface area contributed by atoms with Crippen LogP contribution in [-0.2, 0) is 0 Å². The van der Waals surface area contributed by atoms with Crippen LogP contribution in [0, 0.1) is 0 Å². The van der Waals surface area contributed by atoms with Crippen LogP contribution in [0.5, 0.6) is 0 Å². The van der Waals surface area contributed by atoms with Gasteiger partial charge in [-0.3, -0.25) is 4.79 Å². The molecule has 1 aromatic heterocycles. The van der Waals surface area contributed by atoms with Crippen LogP contribution in [0.4, 0.5) is 5.82 Å². The lowest BCUT2D eigenvalue weighted by Crippen LogP contribution is -2.28. The molecular weight excluding hydrogens is 214 g/mol. The fraction of sp³-hybridized carbons (Fsp3) is 0.692. The van der Waals surface area contributed by atoms with E-state index in [0.717, 1.165) is 37.6 Å². The third-order valence-electron chi connectivity index (χ3n) is 2.60. The van der Waals surface area contributed by atoms with Gasteiger partial charge in [-0.2, -0.15) is 0 Å². The molecule has 1 N–H and O–H groups in total. The summed E-state index contributed by atoms with van der Waals surface area (Å²) in [5.41, 5.74) is -0.0593. The number of anilines is 1. The van der Waals surface area contributed by atoms with E-state index < -0.39 is 0 Å². The van der Waals surface area contributed by atoms with E-state index >= 15 is 0 Å². The lowest BCUT2D eigenvalue weighted by molar-refractivity contribution is 0.710. The molecule has 0 aliphatic carbocycles. The molecule has 0 saturated heterocycles. The molecule has 0 amide bonds. The molecule has 0 aliphatic heterocycles. The van der Waals surface area contributed by atoms with Gasteiger partial charge in [0.05, 0.1) is 0 Å². The van der Waals surface area contributed by atoms with Gasteiger partial charge in [0.25, 0.3) is 5.56 Å². The van der Waals surface area contributed by atoms with Gasteiger partial charge in [0.1, 0.15) is 11.6 Å². The average molecular weight is 237 g/mol. The molecule has 0 fully saturated rings. The summed E-state index contributed by atoms with van der Waals surface area (Å²) < 4.78 is 0. The first-order valence-electron chi connectivity index (χ1n) is 6.44. The van der Waals surface area contributed by atoms with Gasteiger partial charge in [0.2, 0.25) is 0 Å². The zero-order chi connectivity index (χ0) is 12.8. The maximum Gasteiger partial charge on any atom is 0.252 e. The van der Waals surface area contributed by atoms with Crippen molar-refractivity contribution in [3.63, 3.8) is 0 Å². The number of nitrogens with one attached hydrogen (secondary N) is 1. The van der Waals surface area contributed by atoms with Gasteiger partial charge in [-0.25, -0.2) is 4.98 Å². The summed E-state index contributed by atoms with van der Waals surface area (Å²) in [5, 5.41) is 0. The van der Waals surface area contributed by atoms with Gasteiger partial charge < -0.3 is 9.88 Å². The SMILES string of the molecule is CCCN(CCC)c1cc(=O)[nH]c(C(C)C)n1. The van der Waals surface area contributed by atoms with Crippen molar-refractivity contribution in [1.82, 2.24) is 9.97 Å². The fourth-order valence-electron chi connectivity index (χ4n) is 1.78. The summed E-state index contributed by atoms with van der Waals surface area (Å²) in [6.45, 7) is 10.2. The minimum Gasteiger partial charge on any atom is -0.356 e. The predicted molar refractivity (Wildman–Crippen MR) is 71.7 cm³/mol. The van der Waals surface area contributed by atoms with Crippen LogP contribution >= 0.6 is 0 Å². The minimum atomic E-state index is -0.0593. The summed E-state index contributed by atoms with van der Waals surface area (Å²) >= 11 is 0. The molecule has 96 valence electrons. The van der Waals surface area contributed by atoms with E-state index in [-0.39, 0.29) is 11.5 Å². The third kappa shape index (κ3) is 3.88. The highest BCUT2D eigenvalue weighted by atomic mass is 16.1. The first-order chi connectivity index (χ1) is 8.08. The third-order valence-corrected chi connectivity index (χ3v) is 2.60. The van der Waals surface area contributed by atoms with Crippen LogP contribution < -0.4 is 10.5 Å². The Morgan fingerprint density at radius 3 is 2.35 bits per heavy atom. The zero-order valence-corrected chi connectivity index (χ0v) is 11.3. The van der Waals surface area contributed by atoms with Gasteiger partial charge in [-0.15, -0.1) is 0 Å². The van der Waals surface area contributed by atoms with Crippen LogP contribution in [-0.4, -0.2) is 23.1 Å². The molecule has 1 aromatic rings. The molecule has 0 atom stereocenters. The normalized spacial score (nSPS) is 10.9. The van der Waals surface area contributed by atoms with Crippen LogP contribution in [0.25, 0.3) is 0 Å². The largest absolute Gasteiger partial charge is 0.356 e. The zero-order valence-electron chi connectivity index (χ0n) is 11.3. The Morgan fingerprint density at radius 2 is 1.88 bits per heavy atom. The van der Waals surface area contributed by atoms with Crippen molar-refractivity contribution >= 4 is 5.82 Å². The van der Waals surface area contributed by atoms with Crippen molar-refractivity contribution in [2.75, 3.05) is 18.0 Å². The Balaban J connectivity index is 3.05. The second-order valence-corrected chi connectivity index (χ2v) is 4.63. The smallest absolute Gasteiger partial charge is 0.252 e. The van der Waals surface area contributed by atoms with Gasteiger partial charge in [0.15, 0.2) is 0 Å². The molecule has 0 aromatic carbocycles. The number of aromatic amines is 1. The van der Waals surface area contributed by atoms with Crippen molar-refractivity contribution < 1.29 is 0 Å². The second kappa shape index (κ2) is 6.42. The molecule has 0 aliphatic rings. The highest BCUT2D eigenvalue weighted by molar-refractivity contribution is 5.37. The quantitative estimate of drug-likeness (QED) is 0.827. The van der Waals surface area contributed by atoms with E-state index in [0.29, 0.717) is 0 Å². The Labute approximate surface area is 103 Å². The molecule has 0 saturated carbocycles. The van der Waals surface area contributed by atoms with Gasteiger partial charge in [-0.1, -0.05) is 27.7 Å². The molecule has 1 heterocycles. The van der Waals surface area contributed by atoms with E-state index in [9.17, 15) is 4.79 Å². The Morgan fingerprint density at radius 1 is 1.29 bits per heavy atom. The van der Waals surface area contributed by atoms with Crippen molar-refractivity contribution in [1.29, 1.82) is 0 Å². The average Bonchev–Trinajstić information content (AvgIpc) is 2.28. The standard InChI is InChI=1S/C13H23N3O/c1-5-7-16(8-6-2)11-9-12(17)15-13(14-11)10(3)4/h9-10H,5-8H2,1-4H3,(H,14,15,17). The summed E-state index contributed by atoms with van der Waals surface area (Å²) in [5.74, 6) is 1.82. The highest BCUT2D eigenvalue weighted by Crippen LogP contribution is 2.13. The molecule has 4 nitrogen and oxygen atoms in total. The van der Waals surface area contributed by atoms with Gasteiger partial charge in [0, 0.05) is 25.1 Å². The lowest BCUT2D eigenvalue weighted by Gasteiger charge is -2.23. The number of hydrogen-bond acceptors (Lipinski definition) is 3. The van der Waals surface area contributed by atoms with E-state index in [2.05, 4.69) is 28.7 Å². The number of aromatic nitrogens is 2. The van der Waals surface area contributed by atoms with E-state index in [4.69, 9.17) is 0 Å². The van der Waals surface area contributed by atoms with Crippen molar-refractivity contribution in [2.24, 2.45) is 0 Å². The van der Waals surface area contributed by atoms with E-state index in [1.54, 1.807) is 6.07 Å². The van der Waals surface area contributed by atoms with Crippen LogP contribution in [0.1, 0.15) is 52.3 Å². The maximum atomic E-state index is 11.6. The lowest BCUT2D eigenvalue weighted by atomic mass is 10.2. The molecule has 0 radical (unpaired) electrons. The summed E-state index contributed by atoms with van der Waals surface area (Å²) in [6, 6.07) is 1.59. The maximum absolute atomic E-state index is 11.6. The summed E-state index contributed by atoms with van der Waals surface area (Å²) in [7, 11) is 0. The first kappa shape index (κ1) is 13.7. The topological polar surface area (TPSA) is 49.0 Å². The Kier molecular flexibility index (Phi) is 5.19. The van der Waals surface area contributed by atoms with Gasteiger partial charge >= 0.3 is 0 Å². The number of hydrogen-bond donors (Lipinski definition) is 1. The van der Waals surface area contributed by atoms with E-state index in [1.165, 1.54) is 0 Å². The monoisotopic (exact) mass is 237 g/mol. The van der Waals surface area contributed by atoms with Crippen LogP contribution in [0.15, 0.2) is 10.9 Å². The fourth-order valence-corrected chi connectivity index (χ4v) is 1.78. The van der Waals surface area contributed by atoms with Crippen molar-refractivity contribution in [3.05, 3.63) is 22.2 Å². The number of rotatable bonds is 6. The van der Waals surface area contributed by atoms with Gasteiger partial charge in [-0.05, 0) is 12.8 Å². The molecule has 4 heteroatoms. The predicted octanol–water partition coefficient (Wildman–Crippen LogP) is 2.52. The summed E-state index contributed by atoms with van der Waals surface area (Å²) in [4.78, 5) is 21.1. The van der Waals surface area contributed by atoms with Crippen LogP contribution in [0.2, 0.25) is 0 Å².